The van der Waals surface area contributed by atoms with Crippen molar-refractivity contribution in [3.05, 3.63) is 94.1 Å². The molecule has 0 aliphatic heterocycles. The average molecular weight is 579 g/mol. The Morgan fingerprint density at radius 1 is 0.731 bits per heavy atom. The summed E-state index contributed by atoms with van der Waals surface area (Å²) >= 11 is 1.82. The van der Waals surface area contributed by atoms with Gasteiger partial charge in [0, 0.05) is 3.57 Å². The number of rotatable bonds is 5. The standard InChI is InChI=1S/C19H16IOSi.3CH3.Sn/c20-19-14-8-7-9-16(19)15-21-22(17-10-3-1-4-11-17)18-12-5-2-6-13-18;;;;/h1-14H,15H2;3*1H3;. The fourth-order valence-electron chi connectivity index (χ4n) is 2.28. The van der Waals surface area contributed by atoms with Crippen molar-refractivity contribution < 1.29 is 4.43 Å². The molecule has 4 heteroatoms. The van der Waals surface area contributed by atoms with Gasteiger partial charge in [-0.3, -0.25) is 0 Å². The number of halogens is 1. The monoisotopic (exact) mass is 580 g/mol. The third kappa shape index (κ3) is 7.54. The summed E-state index contributed by atoms with van der Waals surface area (Å²) in [7, 11) is -1.22. The molecule has 0 amide bonds. The Bertz CT molecular complexity index is 723. The molecular formula is C22H25IOSiSn. The van der Waals surface area contributed by atoms with Crippen LogP contribution in [0.2, 0.25) is 14.8 Å². The SMILES string of the molecule is Ic1ccccc1CO[Si](c1ccccc1)c1ccccc1.[CH3][Sn]([CH3])[CH3]. The Balaban J connectivity index is 0.000000552. The van der Waals surface area contributed by atoms with Gasteiger partial charge in [0.05, 0.1) is 6.61 Å². The Morgan fingerprint density at radius 2 is 1.15 bits per heavy atom. The van der Waals surface area contributed by atoms with Crippen LogP contribution in [-0.2, 0) is 11.0 Å². The summed E-state index contributed by atoms with van der Waals surface area (Å²) in [4.78, 5) is 7.09. The molecule has 0 fully saturated rings. The van der Waals surface area contributed by atoms with Crippen LogP contribution in [0, 0.1) is 3.57 Å². The molecule has 0 aromatic heterocycles. The van der Waals surface area contributed by atoms with Crippen LogP contribution in [0.5, 0.6) is 0 Å². The molecule has 0 spiro atoms. The van der Waals surface area contributed by atoms with Crippen molar-refractivity contribution in [1.82, 2.24) is 0 Å². The van der Waals surface area contributed by atoms with E-state index in [1.165, 1.54) is 19.5 Å². The van der Waals surface area contributed by atoms with E-state index in [2.05, 4.69) is 110 Å². The van der Waals surface area contributed by atoms with Gasteiger partial charge in [-0.2, -0.15) is 0 Å². The predicted octanol–water partition coefficient (Wildman–Crippen LogP) is 4.98. The second kappa shape index (κ2) is 11.9. The molecule has 3 rings (SSSR count). The van der Waals surface area contributed by atoms with Crippen molar-refractivity contribution in [2.45, 2.75) is 21.4 Å². The van der Waals surface area contributed by atoms with Gasteiger partial charge in [-0.1, -0.05) is 78.9 Å². The molecule has 0 unspecified atom stereocenters. The van der Waals surface area contributed by atoms with Gasteiger partial charge >= 0.3 is 34.6 Å². The zero-order valence-corrected chi connectivity index (χ0v) is 21.6. The molecule has 2 radical (unpaired) electrons. The first-order valence-corrected chi connectivity index (χ1v) is 19.7. The number of benzene rings is 3. The van der Waals surface area contributed by atoms with Crippen LogP contribution in [0.15, 0.2) is 84.9 Å². The fraction of sp³-hybridized carbons (Fsp3) is 0.182. The predicted molar refractivity (Wildman–Crippen MR) is 125 cm³/mol. The fourth-order valence-corrected chi connectivity index (χ4v) is 4.78. The molecule has 0 aliphatic carbocycles. The summed E-state index contributed by atoms with van der Waals surface area (Å²) in [5.41, 5.74) is 1.25. The maximum absolute atomic E-state index is 6.38. The van der Waals surface area contributed by atoms with Gasteiger partial charge < -0.3 is 4.43 Å². The molecule has 0 saturated carbocycles. The number of hydrogen-bond acceptors (Lipinski definition) is 1. The molecule has 26 heavy (non-hydrogen) atoms. The molecule has 0 atom stereocenters. The van der Waals surface area contributed by atoms with E-state index in [0.717, 1.165) is 0 Å². The van der Waals surface area contributed by atoms with Gasteiger partial charge in [-0.25, -0.2) is 0 Å². The van der Waals surface area contributed by atoms with Crippen LogP contribution < -0.4 is 10.4 Å². The molecule has 1 nitrogen and oxygen atoms in total. The van der Waals surface area contributed by atoms with Crippen LogP contribution >= 0.6 is 22.6 Å². The first kappa shape index (κ1) is 21.7. The summed E-state index contributed by atoms with van der Waals surface area (Å²) < 4.78 is 7.63. The summed E-state index contributed by atoms with van der Waals surface area (Å²) in [6.07, 6.45) is 0. The van der Waals surface area contributed by atoms with Crippen LogP contribution in [0.4, 0.5) is 0 Å². The Kier molecular flexibility index (Phi) is 9.96. The molecular weight excluding hydrogens is 554 g/mol. The molecule has 0 heterocycles. The quantitative estimate of drug-likeness (QED) is 0.306. The van der Waals surface area contributed by atoms with Crippen LogP contribution in [0.3, 0.4) is 0 Å². The maximum atomic E-state index is 6.38. The second-order valence-corrected chi connectivity index (χ2v) is 18.3. The van der Waals surface area contributed by atoms with E-state index in [4.69, 9.17) is 4.43 Å². The summed E-state index contributed by atoms with van der Waals surface area (Å²) in [6, 6.07) is 29.5. The van der Waals surface area contributed by atoms with Crippen LogP contribution in [0.25, 0.3) is 0 Å². The summed E-state index contributed by atoms with van der Waals surface area (Å²) in [5, 5.41) is 2.56. The van der Waals surface area contributed by atoms with E-state index in [-0.39, 0.29) is 0 Å². The Hall–Kier alpha value is -0.634. The van der Waals surface area contributed by atoms with E-state index >= 15 is 0 Å². The average Bonchev–Trinajstić information content (AvgIpc) is 2.65. The Labute approximate surface area is 180 Å². The molecule has 0 N–H and O–H groups in total. The molecule has 134 valence electrons. The minimum atomic E-state index is -1.22. The number of hydrogen-bond donors (Lipinski definition) is 0. The molecule has 3 aromatic rings. The van der Waals surface area contributed by atoms with Crippen LogP contribution in [0.1, 0.15) is 5.56 Å². The van der Waals surface area contributed by atoms with Crippen molar-refractivity contribution in [2.75, 3.05) is 0 Å². The Morgan fingerprint density at radius 3 is 1.62 bits per heavy atom. The normalized spacial score (nSPS) is 10.5. The minimum absolute atomic E-state index is 0.543. The molecule has 0 saturated heterocycles. The topological polar surface area (TPSA) is 9.23 Å². The van der Waals surface area contributed by atoms with Gasteiger partial charge in [-0.15, -0.1) is 0 Å². The van der Waals surface area contributed by atoms with Crippen molar-refractivity contribution in [3.63, 3.8) is 0 Å². The van der Waals surface area contributed by atoms with E-state index in [9.17, 15) is 0 Å². The second-order valence-electron chi connectivity index (χ2n) is 6.44. The van der Waals surface area contributed by atoms with E-state index in [1.54, 1.807) is 0 Å². The zero-order valence-electron chi connectivity index (χ0n) is 15.6. The van der Waals surface area contributed by atoms with Crippen molar-refractivity contribution >= 4 is 61.8 Å². The third-order valence-electron chi connectivity index (χ3n) is 3.40. The van der Waals surface area contributed by atoms with Crippen molar-refractivity contribution in [3.8, 4) is 0 Å². The van der Waals surface area contributed by atoms with Gasteiger partial charge in [-0.05, 0) is 44.6 Å². The van der Waals surface area contributed by atoms with Gasteiger partial charge in [0.15, 0.2) is 0 Å². The molecule has 0 bridgehead atoms. The molecule has 3 aromatic carbocycles. The summed E-state index contributed by atoms with van der Waals surface area (Å²) in [6.45, 7) is 0.650. The summed E-state index contributed by atoms with van der Waals surface area (Å²) in [5.74, 6) is 0. The van der Waals surface area contributed by atoms with E-state index in [0.29, 0.717) is 6.61 Å². The van der Waals surface area contributed by atoms with Gasteiger partial charge in [0.1, 0.15) is 0 Å². The first-order valence-electron chi connectivity index (χ1n) is 8.68. The zero-order chi connectivity index (χ0) is 18.8. The van der Waals surface area contributed by atoms with Crippen LogP contribution in [-0.4, -0.2) is 28.8 Å². The van der Waals surface area contributed by atoms with E-state index in [1.807, 2.05) is 12.1 Å². The first-order chi connectivity index (χ1) is 12.6. The molecule has 0 aliphatic rings. The van der Waals surface area contributed by atoms with Crippen molar-refractivity contribution in [2.24, 2.45) is 0 Å². The van der Waals surface area contributed by atoms with Gasteiger partial charge in [0.25, 0.3) is 9.04 Å². The van der Waals surface area contributed by atoms with Crippen molar-refractivity contribution in [1.29, 1.82) is 0 Å². The van der Waals surface area contributed by atoms with Gasteiger partial charge in [0.2, 0.25) is 0 Å². The third-order valence-corrected chi connectivity index (χ3v) is 6.60. The van der Waals surface area contributed by atoms with E-state index < -0.39 is 28.8 Å².